The zero-order valence-corrected chi connectivity index (χ0v) is 15.9. The van der Waals surface area contributed by atoms with Crippen LogP contribution in [-0.2, 0) is 0 Å². The normalized spacial score (nSPS) is 16.4. The molecule has 3 aromatic heterocycles. The highest BCUT2D eigenvalue weighted by molar-refractivity contribution is 7.24. The fourth-order valence-corrected chi connectivity index (χ4v) is 4.81. The van der Waals surface area contributed by atoms with Crippen molar-refractivity contribution in [3.63, 3.8) is 0 Å². The maximum atomic E-state index is 12.8. The van der Waals surface area contributed by atoms with Crippen LogP contribution in [0.15, 0.2) is 35.3 Å². The molecule has 7 nitrogen and oxygen atoms in total. The van der Waals surface area contributed by atoms with Crippen molar-refractivity contribution in [3.05, 3.63) is 40.7 Å². The minimum Gasteiger partial charge on any atom is -0.393 e. The minimum atomic E-state index is -0.196. The second-order valence-corrected chi connectivity index (χ2v) is 8.03. The first-order valence-corrected chi connectivity index (χ1v) is 9.87. The molecule has 0 amide bonds. The summed E-state index contributed by atoms with van der Waals surface area (Å²) < 4.78 is 3.08. The second kappa shape index (κ2) is 6.17. The number of likely N-dealkylation sites (N-methyl/N-ethyl adjacent to an activating group) is 1. The standard InChI is InChI=1S/C19H20N6OS/c1-23-7-4-8-24(10-9-23)19-21-11-12-16(26)15(20)18-25(17(12)22-19)13-5-2-3-6-14(13)27-18/h2-3,5-6,11H,4,7-10,20H2,1H3. The summed E-state index contributed by atoms with van der Waals surface area (Å²) in [4.78, 5) is 27.4. The van der Waals surface area contributed by atoms with E-state index in [1.54, 1.807) is 6.20 Å². The molecule has 0 radical (unpaired) electrons. The van der Waals surface area contributed by atoms with Crippen molar-refractivity contribution in [1.29, 1.82) is 0 Å². The number of nitrogens with zero attached hydrogens (tertiary/aromatic N) is 5. The molecule has 1 saturated heterocycles. The van der Waals surface area contributed by atoms with E-state index in [4.69, 9.17) is 10.7 Å². The Balaban J connectivity index is 1.79. The zero-order chi connectivity index (χ0) is 18.5. The van der Waals surface area contributed by atoms with Gasteiger partial charge in [0.2, 0.25) is 11.4 Å². The molecule has 0 aliphatic carbocycles. The van der Waals surface area contributed by atoms with Gasteiger partial charge in [0.05, 0.1) is 15.6 Å². The first-order chi connectivity index (χ1) is 13.1. The van der Waals surface area contributed by atoms with Gasteiger partial charge in [-0.25, -0.2) is 4.98 Å². The van der Waals surface area contributed by atoms with Crippen LogP contribution in [0.5, 0.6) is 0 Å². The maximum Gasteiger partial charge on any atom is 0.227 e. The lowest BCUT2D eigenvalue weighted by Gasteiger charge is -2.20. The van der Waals surface area contributed by atoms with Gasteiger partial charge in [-0.05, 0) is 32.1 Å². The Morgan fingerprint density at radius 3 is 2.89 bits per heavy atom. The van der Waals surface area contributed by atoms with E-state index in [0.29, 0.717) is 17.0 Å². The van der Waals surface area contributed by atoms with Crippen molar-refractivity contribution < 1.29 is 0 Å². The number of fused-ring (bicyclic) bond motifs is 5. The highest BCUT2D eigenvalue weighted by Gasteiger charge is 2.19. The topological polar surface area (TPSA) is 79.8 Å². The van der Waals surface area contributed by atoms with Crippen LogP contribution in [0.2, 0.25) is 0 Å². The highest BCUT2D eigenvalue weighted by atomic mass is 32.1. The van der Waals surface area contributed by atoms with Gasteiger partial charge in [-0.1, -0.05) is 12.1 Å². The fourth-order valence-electron chi connectivity index (χ4n) is 3.71. The summed E-state index contributed by atoms with van der Waals surface area (Å²) in [6, 6.07) is 8.05. The van der Waals surface area contributed by atoms with Gasteiger partial charge in [-0.3, -0.25) is 9.20 Å². The highest BCUT2D eigenvalue weighted by Crippen LogP contribution is 2.31. The summed E-state index contributed by atoms with van der Waals surface area (Å²) in [7, 11) is 2.13. The molecule has 0 atom stereocenters. The molecule has 0 saturated carbocycles. The second-order valence-electron chi connectivity index (χ2n) is 7.00. The first kappa shape index (κ1) is 16.5. The van der Waals surface area contributed by atoms with Crippen LogP contribution in [0.25, 0.3) is 26.1 Å². The number of nitrogens with two attached hydrogens (primary N) is 1. The molecule has 138 valence electrons. The van der Waals surface area contributed by atoms with Crippen molar-refractivity contribution >= 4 is 49.1 Å². The number of pyridine rings is 1. The largest absolute Gasteiger partial charge is 0.393 e. The van der Waals surface area contributed by atoms with E-state index in [-0.39, 0.29) is 11.1 Å². The van der Waals surface area contributed by atoms with Crippen molar-refractivity contribution in [2.45, 2.75) is 6.42 Å². The Morgan fingerprint density at radius 1 is 1.15 bits per heavy atom. The lowest BCUT2D eigenvalue weighted by atomic mass is 10.2. The van der Waals surface area contributed by atoms with Crippen LogP contribution < -0.4 is 16.1 Å². The monoisotopic (exact) mass is 380 g/mol. The summed E-state index contributed by atoms with van der Waals surface area (Å²) in [5.41, 5.74) is 7.87. The summed E-state index contributed by atoms with van der Waals surface area (Å²) in [5.74, 6) is 0.672. The molecular formula is C19H20N6OS. The third-order valence-electron chi connectivity index (χ3n) is 5.21. The maximum absolute atomic E-state index is 12.8. The van der Waals surface area contributed by atoms with Crippen molar-refractivity contribution in [3.8, 4) is 0 Å². The van der Waals surface area contributed by atoms with E-state index in [0.717, 1.165) is 47.6 Å². The number of hydrogen-bond acceptors (Lipinski definition) is 7. The fraction of sp³-hybridized carbons (Fsp3) is 0.316. The number of thiazole rings is 1. The summed E-state index contributed by atoms with van der Waals surface area (Å²) >= 11 is 1.52. The lowest BCUT2D eigenvalue weighted by Crippen LogP contribution is -2.30. The molecule has 0 bridgehead atoms. The smallest absolute Gasteiger partial charge is 0.227 e. The molecule has 5 rings (SSSR count). The molecule has 8 heteroatoms. The molecule has 4 heterocycles. The Morgan fingerprint density at radius 2 is 2.00 bits per heavy atom. The van der Waals surface area contributed by atoms with E-state index >= 15 is 0 Å². The molecule has 1 aliphatic heterocycles. The third kappa shape index (κ3) is 2.55. The quantitative estimate of drug-likeness (QED) is 0.545. The van der Waals surface area contributed by atoms with Crippen molar-refractivity contribution in [2.75, 3.05) is 43.9 Å². The van der Waals surface area contributed by atoms with Crippen LogP contribution in [0.4, 0.5) is 11.6 Å². The van der Waals surface area contributed by atoms with E-state index < -0.39 is 0 Å². The molecule has 1 aliphatic rings. The van der Waals surface area contributed by atoms with E-state index in [1.165, 1.54) is 11.3 Å². The van der Waals surface area contributed by atoms with Gasteiger partial charge in [0.25, 0.3) is 0 Å². The Hall–Kier alpha value is -2.71. The van der Waals surface area contributed by atoms with E-state index in [9.17, 15) is 4.79 Å². The summed E-state index contributed by atoms with van der Waals surface area (Å²) in [6.45, 7) is 3.83. The molecular weight excluding hydrogens is 360 g/mol. The molecule has 1 fully saturated rings. The number of aromatic nitrogens is 3. The number of rotatable bonds is 1. The number of nitrogen functional groups attached to an aromatic ring is 1. The van der Waals surface area contributed by atoms with Gasteiger partial charge in [0.15, 0.2) is 5.65 Å². The average Bonchev–Trinajstić information content (AvgIpc) is 2.94. The van der Waals surface area contributed by atoms with Crippen LogP contribution in [0.1, 0.15) is 6.42 Å². The molecule has 1 aromatic carbocycles. The molecule has 0 unspecified atom stereocenters. The lowest BCUT2D eigenvalue weighted by molar-refractivity contribution is 0.360. The predicted octanol–water partition coefficient (Wildman–Crippen LogP) is 2.18. The van der Waals surface area contributed by atoms with Crippen LogP contribution >= 0.6 is 11.3 Å². The molecule has 0 spiro atoms. The van der Waals surface area contributed by atoms with E-state index in [2.05, 4.69) is 21.8 Å². The Bertz CT molecular complexity index is 1230. The molecule has 4 aromatic rings. The Kier molecular flexibility index (Phi) is 3.76. The van der Waals surface area contributed by atoms with Gasteiger partial charge >= 0.3 is 0 Å². The van der Waals surface area contributed by atoms with Gasteiger partial charge in [0, 0.05) is 25.8 Å². The van der Waals surface area contributed by atoms with Crippen LogP contribution in [-0.4, -0.2) is 52.5 Å². The summed E-state index contributed by atoms with van der Waals surface area (Å²) in [6.07, 6.45) is 2.69. The number of anilines is 2. The SMILES string of the molecule is CN1CCCN(c2ncc3c(=O)c(N)c4sc5ccccc5n4c3n2)CC1. The van der Waals surface area contributed by atoms with Gasteiger partial charge in [-0.15, -0.1) is 11.3 Å². The first-order valence-electron chi connectivity index (χ1n) is 9.05. The van der Waals surface area contributed by atoms with E-state index in [1.807, 2.05) is 28.7 Å². The van der Waals surface area contributed by atoms with Crippen molar-refractivity contribution in [2.24, 2.45) is 0 Å². The number of para-hydroxylation sites is 1. The Labute approximate surface area is 159 Å². The summed E-state index contributed by atoms with van der Waals surface area (Å²) in [5, 5.41) is 0.462. The van der Waals surface area contributed by atoms with Gasteiger partial charge in [-0.2, -0.15) is 4.98 Å². The van der Waals surface area contributed by atoms with Crippen LogP contribution in [0, 0.1) is 0 Å². The van der Waals surface area contributed by atoms with Crippen LogP contribution in [0.3, 0.4) is 0 Å². The minimum absolute atomic E-state index is 0.196. The predicted molar refractivity (Wildman–Crippen MR) is 111 cm³/mol. The number of benzene rings is 1. The number of hydrogen-bond donors (Lipinski definition) is 1. The molecule has 2 N–H and O–H groups in total. The zero-order valence-electron chi connectivity index (χ0n) is 15.1. The average molecular weight is 380 g/mol. The van der Waals surface area contributed by atoms with Gasteiger partial charge in [0.1, 0.15) is 10.5 Å². The third-order valence-corrected chi connectivity index (χ3v) is 6.37. The van der Waals surface area contributed by atoms with Crippen molar-refractivity contribution in [1.82, 2.24) is 19.3 Å². The molecule has 27 heavy (non-hydrogen) atoms. The van der Waals surface area contributed by atoms with Gasteiger partial charge < -0.3 is 15.5 Å².